The Balaban J connectivity index is 1.79. The molecule has 1 aliphatic carbocycles. The van der Waals surface area contributed by atoms with Gasteiger partial charge in [-0.1, -0.05) is 19.1 Å². The molecule has 0 aromatic heterocycles. The van der Waals surface area contributed by atoms with Gasteiger partial charge in [0.15, 0.2) is 11.6 Å². The molecule has 0 bridgehead atoms. The number of nitrogens with zero attached hydrogens (tertiary/aromatic N) is 1. The number of ether oxygens (including phenoxy) is 1. The first kappa shape index (κ1) is 17.5. The lowest BCUT2D eigenvalue weighted by molar-refractivity contribution is 0.0976. The Hall–Kier alpha value is -2.93. The van der Waals surface area contributed by atoms with Crippen LogP contribution in [0.15, 0.2) is 36.4 Å². The zero-order valence-electron chi connectivity index (χ0n) is 15.3. The summed E-state index contributed by atoms with van der Waals surface area (Å²) in [5.41, 5.74) is 3.54. The summed E-state index contributed by atoms with van der Waals surface area (Å²) in [6.07, 6.45) is 3.15. The molecule has 4 nitrogen and oxygen atoms in total. The van der Waals surface area contributed by atoms with Gasteiger partial charge in [0.2, 0.25) is 0 Å². The van der Waals surface area contributed by atoms with Crippen LogP contribution in [-0.4, -0.2) is 18.2 Å². The van der Waals surface area contributed by atoms with Crippen LogP contribution in [0.3, 0.4) is 0 Å². The fourth-order valence-corrected chi connectivity index (χ4v) is 3.69. The highest BCUT2D eigenvalue weighted by molar-refractivity contribution is 6.04. The summed E-state index contributed by atoms with van der Waals surface area (Å²) in [7, 11) is 0. The third kappa shape index (κ3) is 3.38. The molecule has 0 N–H and O–H groups in total. The number of carbonyl (C=O) groups is 2. The molecule has 136 valence electrons. The first-order chi connectivity index (χ1) is 13.1. The van der Waals surface area contributed by atoms with Gasteiger partial charge >= 0.3 is 0 Å². The molecular formula is C23H21NO3. The molecule has 1 atom stereocenters. The van der Waals surface area contributed by atoms with Crippen molar-refractivity contribution in [2.45, 2.75) is 38.5 Å². The second-order valence-electron chi connectivity index (χ2n) is 7.39. The normalized spacial score (nSPS) is 17.7. The first-order valence-electron chi connectivity index (χ1n) is 9.48. The number of benzene rings is 2. The highest BCUT2D eigenvalue weighted by Gasteiger charge is 2.32. The Labute approximate surface area is 158 Å². The summed E-state index contributed by atoms with van der Waals surface area (Å²) >= 11 is 0. The van der Waals surface area contributed by atoms with Crippen LogP contribution in [0.25, 0.3) is 0 Å². The number of Topliss-reactive ketones (excluding diaryl/α,β-unsaturated/α-hetero) is 2. The van der Waals surface area contributed by atoms with Gasteiger partial charge in [0.1, 0.15) is 5.75 Å². The molecule has 2 aromatic rings. The van der Waals surface area contributed by atoms with Crippen LogP contribution < -0.4 is 4.74 Å². The molecule has 0 spiro atoms. The van der Waals surface area contributed by atoms with E-state index in [2.05, 4.69) is 6.07 Å². The zero-order chi connectivity index (χ0) is 19.0. The van der Waals surface area contributed by atoms with E-state index in [-0.39, 0.29) is 17.5 Å². The zero-order valence-corrected chi connectivity index (χ0v) is 15.3. The van der Waals surface area contributed by atoms with Crippen molar-refractivity contribution in [3.05, 3.63) is 64.2 Å². The van der Waals surface area contributed by atoms with E-state index < -0.39 is 0 Å². The lowest BCUT2D eigenvalue weighted by atomic mass is 9.88. The molecular weight excluding hydrogens is 338 g/mol. The van der Waals surface area contributed by atoms with Gasteiger partial charge in [-0.3, -0.25) is 9.59 Å². The van der Waals surface area contributed by atoms with Crippen LogP contribution in [0.4, 0.5) is 0 Å². The Morgan fingerprint density at radius 1 is 1.19 bits per heavy atom. The van der Waals surface area contributed by atoms with E-state index in [0.29, 0.717) is 47.8 Å². The highest BCUT2D eigenvalue weighted by Crippen LogP contribution is 2.42. The lowest BCUT2D eigenvalue weighted by Crippen LogP contribution is -2.07. The summed E-state index contributed by atoms with van der Waals surface area (Å²) in [4.78, 5) is 25.2. The summed E-state index contributed by atoms with van der Waals surface area (Å²) in [6.45, 7) is 2.23. The minimum Gasteiger partial charge on any atom is -0.492 e. The molecule has 2 aliphatic rings. The molecule has 27 heavy (non-hydrogen) atoms. The largest absolute Gasteiger partial charge is 0.492 e. The number of ketones is 2. The van der Waals surface area contributed by atoms with Crippen molar-refractivity contribution in [1.29, 1.82) is 5.26 Å². The second-order valence-corrected chi connectivity index (χ2v) is 7.39. The third-order valence-electron chi connectivity index (χ3n) is 5.42. The Kier molecular flexibility index (Phi) is 4.53. The van der Waals surface area contributed by atoms with Crippen molar-refractivity contribution in [1.82, 2.24) is 0 Å². The molecule has 2 aromatic carbocycles. The van der Waals surface area contributed by atoms with E-state index in [4.69, 9.17) is 4.74 Å². The molecule has 1 fully saturated rings. The topological polar surface area (TPSA) is 67.2 Å². The number of nitriles is 1. The third-order valence-corrected chi connectivity index (χ3v) is 5.42. The number of hydrogen-bond acceptors (Lipinski definition) is 4. The highest BCUT2D eigenvalue weighted by atomic mass is 16.5. The van der Waals surface area contributed by atoms with Crippen LogP contribution in [-0.2, 0) is 0 Å². The summed E-state index contributed by atoms with van der Waals surface area (Å²) in [6, 6.07) is 13.2. The average molecular weight is 359 g/mol. The van der Waals surface area contributed by atoms with E-state index in [1.54, 1.807) is 12.1 Å². The van der Waals surface area contributed by atoms with Crippen LogP contribution in [0.1, 0.15) is 75.9 Å². The van der Waals surface area contributed by atoms with Gasteiger partial charge in [-0.2, -0.15) is 5.26 Å². The van der Waals surface area contributed by atoms with Gasteiger partial charge in [0.05, 0.1) is 23.8 Å². The average Bonchev–Trinajstić information content (AvgIpc) is 3.41. The molecule has 0 saturated heterocycles. The minimum atomic E-state index is -0.0784. The van der Waals surface area contributed by atoms with Gasteiger partial charge in [0.25, 0.3) is 0 Å². The van der Waals surface area contributed by atoms with Crippen LogP contribution in [0.5, 0.6) is 5.75 Å². The van der Waals surface area contributed by atoms with Crippen molar-refractivity contribution in [3.8, 4) is 11.8 Å². The molecule has 1 unspecified atom stereocenters. The molecule has 1 saturated carbocycles. The van der Waals surface area contributed by atoms with E-state index in [1.807, 2.05) is 31.2 Å². The lowest BCUT2D eigenvalue weighted by Gasteiger charge is -2.12. The van der Waals surface area contributed by atoms with E-state index in [9.17, 15) is 14.9 Å². The maximum atomic E-state index is 12.7. The van der Waals surface area contributed by atoms with Crippen molar-refractivity contribution in [3.63, 3.8) is 0 Å². The van der Waals surface area contributed by atoms with Crippen LogP contribution >= 0.6 is 0 Å². The van der Waals surface area contributed by atoms with Crippen molar-refractivity contribution in [2.75, 3.05) is 6.61 Å². The number of hydrogen-bond donors (Lipinski definition) is 0. The monoisotopic (exact) mass is 359 g/mol. The molecule has 1 heterocycles. The summed E-state index contributed by atoms with van der Waals surface area (Å²) in [5.74, 6) is 1.10. The predicted molar refractivity (Wildman–Crippen MR) is 101 cm³/mol. The van der Waals surface area contributed by atoms with Crippen molar-refractivity contribution in [2.24, 2.45) is 5.92 Å². The molecule has 0 radical (unpaired) electrons. The molecule has 4 heteroatoms. The maximum absolute atomic E-state index is 12.7. The fraction of sp³-hybridized carbons (Fsp3) is 0.348. The van der Waals surface area contributed by atoms with Crippen LogP contribution in [0.2, 0.25) is 0 Å². The predicted octanol–water partition coefficient (Wildman–Crippen LogP) is 4.66. The Morgan fingerprint density at radius 2 is 2.00 bits per heavy atom. The summed E-state index contributed by atoms with van der Waals surface area (Å²) in [5, 5.41) is 9.19. The van der Waals surface area contributed by atoms with Crippen molar-refractivity contribution >= 4 is 11.6 Å². The van der Waals surface area contributed by atoms with Gasteiger partial charge in [-0.25, -0.2) is 0 Å². The van der Waals surface area contributed by atoms with Gasteiger partial charge in [0, 0.05) is 29.9 Å². The maximum Gasteiger partial charge on any atom is 0.166 e. The van der Waals surface area contributed by atoms with Gasteiger partial charge < -0.3 is 4.74 Å². The fourth-order valence-electron chi connectivity index (χ4n) is 3.69. The van der Waals surface area contributed by atoms with Gasteiger partial charge in [-0.05, 0) is 48.6 Å². The Bertz CT molecular complexity index is 966. The second kappa shape index (κ2) is 7.00. The number of fused-ring (bicyclic) bond motifs is 1. The summed E-state index contributed by atoms with van der Waals surface area (Å²) < 4.78 is 5.91. The van der Waals surface area contributed by atoms with Crippen LogP contribution in [0, 0.1) is 17.2 Å². The SMILES string of the molecule is CCC(=O)c1cc(C(=O)CC2CC2)cc2c1OCC2c1cccc(C#N)c1. The number of rotatable bonds is 6. The molecule has 0 amide bonds. The van der Waals surface area contributed by atoms with E-state index in [1.165, 1.54) is 0 Å². The minimum absolute atomic E-state index is 0.0150. The van der Waals surface area contributed by atoms with E-state index >= 15 is 0 Å². The molecule has 4 rings (SSSR count). The first-order valence-corrected chi connectivity index (χ1v) is 9.48. The standard InChI is InChI=1S/C23H21NO3/c1-2-21(25)19-11-17(22(26)9-14-6-7-14)10-18-20(13-27-23(18)19)16-5-3-4-15(8-16)12-24/h3-5,8,10-11,14,20H,2,6-7,9,13H2,1H3. The number of carbonyl (C=O) groups excluding carboxylic acids is 2. The molecule has 1 aliphatic heterocycles. The quantitative estimate of drug-likeness (QED) is 0.704. The smallest absolute Gasteiger partial charge is 0.166 e. The Morgan fingerprint density at radius 3 is 2.70 bits per heavy atom. The van der Waals surface area contributed by atoms with Crippen molar-refractivity contribution < 1.29 is 14.3 Å². The van der Waals surface area contributed by atoms with Gasteiger partial charge in [-0.15, -0.1) is 0 Å². The van der Waals surface area contributed by atoms with E-state index in [0.717, 1.165) is 24.0 Å².